The molecule has 0 saturated carbocycles. The summed E-state index contributed by atoms with van der Waals surface area (Å²) in [5.41, 5.74) is 6.54. The highest BCUT2D eigenvalue weighted by Crippen LogP contribution is 2.25. The molecule has 0 aromatic carbocycles. The van der Waals surface area contributed by atoms with Gasteiger partial charge in [-0.1, -0.05) is 0 Å². The van der Waals surface area contributed by atoms with Gasteiger partial charge in [-0.05, 0) is 45.2 Å². The Bertz CT molecular complexity index is 484. The number of nitrogens with zero attached hydrogens (tertiary/aromatic N) is 2. The van der Waals surface area contributed by atoms with Crippen molar-refractivity contribution in [1.29, 1.82) is 5.41 Å². The Morgan fingerprint density at radius 3 is 2.84 bits per heavy atom. The zero-order valence-electron chi connectivity index (χ0n) is 11.6. The molecule has 1 aliphatic rings. The largest absolute Gasteiger partial charge is 0.390 e. The molecule has 2 heterocycles. The Balaban J connectivity index is 2.24. The molecule has 0 amide bonds. The number of nitrogens with one attached hydrogen (secondary N) is 1. The highest BCUT2D eigenvalue weighted by Gasteiger charge is 2.25. The van der Waals surface area contributed by atoms with Crippen molar-refractivity contribution < 1.29 is 5.11 Å². The Morgan fingerprint density at radius 2 is 2.16 bits per heavy atom. The molecule has 1 saturated heterocycles. The molecule has 104 valence electrons. The first-order valence-electron chi connectivity index (χ1n) is 6.68. The SMILES string of the molecule is Cc1cc(C(=N)N)cc(N2CCCC(C)(O)CC2)n1. The van der Waals surface area contributed by atoms with Crippen LogP contribution < -0.4 is 10.6 Å². The number of aryl methyl sites for hydroxylation is 1. The van der Waals surface area contributed by atoms with Crippen LogP contribution in [0.4, 0.5) is 5.82 Å². The van der Waals surface area contributed by atoms with E-state index in [9.17, 15) is 5.11 Å². The van der Waals surface area contributed by atoms with E-state index in [0.29, 0.717) is 5.56 Å². The minimum Gasteiger partial charge on any atom is -0.390 e. The molecule has 5 nitrogen and oxygen atoms in total. The molecule has 0 spiro atoms. The second-order valence-electron chi connectivity index (χ2n) is 5.61. The monoisotopic (exact) mass is 262 g/mol. The fourth-order valence-electron chi connectivity index (χ4n) is 2.46. The van der Waals surface area contributed by atoms with Crippen molar-refractivity contribution in [2.75, 3.05) is 18.0 Å². The van der Waals surface area contributed by atoms with E-state index in [-0.39, 0.29) is 5.84 Å². The van der Waals surface area contributed by atoms with E-state index in [1.54, 1.807) is 0 Å². The summed E-state index contributed by atoms with van der Waals surface area (Å²) in [7, 11) is 0. The molecule has 1 aliphatic heterocycles. The van der Waals surface area contributed by atoms with Crippen molar-refractivity contribution in [3.63, 3.8) is 0 Å². The molecule has 1 fully saturated rings. The number of rotatable bonds is 2. The highest BCUT2D eigenvalue weighted by molar-refractivity contribution is 5.95. The van der Waals surface area contributed by atoms with Gasteiger partial charge in [0.25, 0.3) is 0 Å². The number of hydrogen-bond acceptors (Lipinski definition) is 4. The Hall–Kier alpha value is -1.62. The molecule has 5 heteroatoms. The predicted octanol–water partition coefficient (Wildman–Crippen LogP) is 1.42. The van der Waals surface area contributed by atoms with E-state index in [4.69, 9.17) is 11.1 Å². The molecular formula is C14H22N4O. The summed E-state index contributed by atoms with van der Waals surface area (Å²) in [6, 6.07) is 3.68. The molecule has 19 heavy (non-hydrogen) atoms. The lowest BCUT2D eigenvalue weighted by molar-refractivity contribution is 0.0481. The molecule has 0 bridgehead atoms. The fourth-order valence-corrected chi connectivity index (χ4v) is 2.46. The average Bonchev–Trinajstić information content (AvgIpc) is 2.49. The van der Waals surface area contributed by atoms with Crippen LogP contribution >= 0.6 is 0 Å². The van der Waals surface area contributed by atoms with Crippen LogP contribution in [0.5, 0.6) is 0 Å². The molecule has 0 aliphatic carbocycles. The number of nitrogen functional groups attached to an aromatic ring is 1. The van der Waals surface area contributed by atoms with Crippen molar-refractivity contribution in [3.8, 4) is 0 Å². The molecule has 1 aromatic heterocycles. The molecule has 2 rings (SSSR count). The van der Waals surface area contributed by atoms with Gasteiger partial charge >= 0.3 is 0 Å². The van der Waals surface area contributed by atoms with Gasteiger partial charge in [0.1, 0.15) is 11.7 Å². The Morgan fingerprint density at radius 1 is 1.42 bits per heavy atom. The third kappa shape index (κ3) is 3.44. The minimum atomic E-state index is -0.581. The molecule has 0 radical (unpaired) electrons. The summed E-state index contributed by atoms with van der Waals surface area (Å²) < 4.78 is 0. The lowest BCUT2D eigenvalue weighted by Crippen LogP contribution is -2.29. The summed E-state index contributed by atoms with van der Waals surface area (Å²) in [6.45, 7) is 5.45. The number of anilines is 1. The maximum atomic E-state index is 10.1. The third-order valence-corrected chi connectivity index (χ3v) is 3.64. The molecule has 1 aromatic rings. The minimum absolute atomic E-state index is 0.0635. The van der Waals surface area contributed by atoms with Gasteiger partial charge in [-0.25, -0.2) is 4.98 Å². The Kier molecular flexibility index (Phi) is 3.75. The van der Waals surface area contributed by atoms with Gasteiger partial charge in [-0.15, -0.1) is 0 Å². The first kappa shape index (κ1) is 13.8. The molecule has 1 atom stereocenters. The van der Waals surface area contributed by atoms with E-state index in [0.717, 1.165) is 43.9 Å². The van der Waals surface area contributed by atoms with Crippen LogP contribution in [0.25, 0.3) is 0 Å². The van der Waals surface area contributed by atoms with Crippen LogP contribution in [0.2, 0.25) is 0 Å². The van der Waals surface area contributed by atoms with Crippen molar-refractivity contribution in [2.24, 2.45) is 5.73 Å². The van der Waals surface area contributed by atoms with Crippen molar-refractivity contribution in [2.45, 2.75) is 38.7 Å². The second kappa shape index (κ2) is 5.17. The second-order valence-corrected chi connectivity index (χ2v) is 5.61. The maximum Gasteiger partial charge on any atom is 0.129 e. The third-order valence-electron chi connectivity index (χ3n) is 3.64. The lowest BCUT2D eigenvalue weighted by atomic mass is 9.98. The maximum absolute atomic E-state index is 10.1. The van der Waals surface area contributed by atoms with E-state index in [1.165, 1.54) is 0 Å². The Labute approximate surface area is 114 Å². The first-order valence-corrected chi connectivity index (χ1v) is 6.68. The summed E-state index contributed by atoms with van der Waals surface area (Å²) >= 11 is 0. The summed E-state index contributed by atoms with van der Waals surface area (Å²) in [5, 5.41) is 17.7. The van der Waals surface area contributed by atoms with Crippen molar-refractivity contribution >= 4 is 11.7 Å². The number of nitrogens with two attached hydrogens (primary N) is 1. The van der Waals surface area contributed by atoms with Gasteiger partial charge in [-0.3, -0.25) is 5.41 Å². The van der Waals surface area contributed by atoms with Gasteiger partial charge < -0.3 is 15.7 Å². The molecular weight excluding hydrogens is 240 g/mol. The van der Waals surface area contributed by atoms with Gasteiger partial charge in [0.2, 0.25) is 0 Å². The number of aliphatic hydroxyl groups is 1. The van der Waals surface area contributed by atoms with Gasteiger partial charge in [-0.2, -0.15) is 0 Å². The van der Waals surface area contributed by atoms with E-state index in [2.05, 4.69) is 9.88 Å². The van der Waals surface area contributed by atoms with Gasteiger partial charge in [0.15, 0.2) is 0 Å². The number of amidine groups is 1. The topological polar surface area (TPSA) is 86.2 Å². The standard InChI is InChI=1S/C14H22N4O/c1-10-8-11(13(15)16)9-12(17-10)18-6-3-4-14(2,19)5-7-18/h8-9,19H,3-7H2,1-2H3,(H3,15,16). The molecule has 1 unspecified atom stereocenters. The first-order chi connectivity index (χ1) is 8.87. The summed E-state index contributed by atoms with van der Waals surface area (Å²) in [4.78, 5) is 6.69. The van der Waals surface area contributed by atoms with Crippen LogP contribution in [0.3, 0.4) is 0 Å². The lowest BCUT2D eigenvalue weighted by Gasteiger charge is -2.24. The number of aromatic nitrogens is 1. The summed E-state index contributed by atoms with van der Waals surface area (Å²) in [5.74, 6) is 0.913. The van der Waals surface area contributed by atoms with Crippen LogP contribution in [0.1, 0.15) is 37.4 Å². The van der Waals surface area contributed by atoms with E-state index >= 15 is 0 Å². The van der Waals surface area contributed by atoms with Crippen LogP contribution in [0.15, 0.2) is 12.1 Å². The van der Waals surface area contributed by atoms with E-state index in [1.807, 2.05) is 26.0 Å². The van der Waals surface area contributed by atoms with E-state index < -0.39 is 5.60 Å². The van der Waals surface area contributed by atoms with Crippen molar-refractivity contribution in [1.82, 2.24) is 4.98 Å². The summed E-state index contributed by atoms with van der Waals surface area (Å²) in [6.07, 6.45) is 2.49. The van der Waals surface area contributed by atoms with Gasteiger partial charge in [0.05, 0.1) is 5.60 Å². The van der Waals surface area contributed by atoms with Crippen LogP contribution in [0, 0.1) is 12.3 Å². The molecule has 4 N–H and O–H groups in total. The fraction of sp³-hybridized carbons (Fsp3) is 0.571. The quantitative estimate of drug-likeness (QED) is 0.555. The predicted molar refractivity (Wildman–Crippen MR) is 76.7 cm³/mol. The number of pyridine rings is 1. The zero-order valence-corrected chi connectivity index (χ0v) is 11.6. The highest BCUT2D eigenvalue weighted by atomic mass is 16.3. The van der Waals surface area contributed by atoms with Crippen LogP contribution in [-0.4, -0.2) is 34.6 Å². The van der Waals surface area contributed by atoms with Crippen molar-refractivity contribution in [3.05, 3.63) is 23.4 Å². The van der Waals surface area contributed by atoms with Crippen LogP contribution in [-0.2, 0) is 0 Å². The average molecular weight is 262 g/mol. The zero-order chi connectivity index (χ0) is 14.0. The normalized spacial score (nSPS) is 24.1. The van der Waals surface area contributed by atoms with Gasteiger partial charge in [0, 0.05) is 24.3 Å². The smallest absolute Gasteiger partial charge is 0.129 e. The number of hydrogen-bond donors (Lipinski definition) is 3.